The van der Waals surface area contributed by atoms with E-state index in [0.717, 1.165) is 11.3 Å². The molecule has 8 heteroatoms. The molecule has 1 aliphatic carbocycles. The average Bonchev–Trinajstić information content (AvgIpc) is 3.29. The summed E-state index contributed by atoms with van der Waals surface area (Å²) in [6.07, 6.45) is 7.88. The van der Waals surface area contributed by atoms with Crippen LogP contribution in [0, 0.1) is 5.92 Å². The van der Waals surface area contributed by atoms with E-state index in [0.29, 0.717) is 31.0 Å². The summed E-state index contributed by atoms with van der Waals surface area (Å²) in [5.74, 6) is 0.407. The van der Waals surface area contributed by atoms with E-state index in [1.165, 1.54) is 6.33 Å². The van der Waals surface area contributed by atoms with Crippen LogP contribution in [0.4, 0.5) is 0 Å². The Kier molecular flexibility index (Phi) is 4.30. The Morgan fingerprint density at radius 1 is 1.23 bits per heavy atom. The Labute approximate surface area is 149 Å². The SMILES string of the molecule is O=C(O)C1CC1c1ccc(CCOc2ccc(-n3cncn3)nc2)cn1. The van der Waals surface area contributed by atoms with Gasteiger partial charge < -0.3 is 9.84 Å². The maximum atomic E-state index is 10.9. The smallest absolute Gasteiger partial charge is 0.307 e. The van der Waals surface area contributed by atoms with Crippen LogP contribution < -0.4 is 4.74 Å². The molecule has 0 bridgehead atoms. The number of aromatic nitrogens is 5. The molecule has 26 heavy (non-hydrogen) atoms. The Bertz CT molecular complexity index is 878. The summed E-state index contributed by atoms with van der Waals surface area (Å²) in [7, 11) is 0. The molecule has 0 aromatic carbocycles. The second-order valence-electron chi connectivity index (χ2n) is 6.17. The Balaban J connectivity index is 1.27. The van der Waals surface area contributed by atoms with Crippen LogP contribution in [-0.2, 0) is 11.2 Å². The Morgan fingerprint density at radius 2 is 2.15 bits per heavy atom. The van der Waals surface area contributed by atoms with Gasteiger partial charge in [-0.1, -0.05) is 6.07 Å². The minimum absolute atomic E-state index is 0.0624. The maximum absolute atomic E-state index is 10.9. The normalized spacial score (nSPS) is 18.5. The van der Waals surface area contributed by atoms with Crippen molar-refractivity contribution in [3.63, 3.8) is 0 Å². The number of carboxylic acid groups (broad SMARTS) is 1. The lowest BCUT2D eigenvalue weighted by Gasteiger charge is -2.07. The molecule has 4 rings (SSSR count). The van der Waals surface area contributed by atoms with Crippen LogP contribution in [-0.4, -0.2) is 42.4 Å². The molecule has 1 fully saturated rings. The van der Waals surface area contributed by atoms with E-state index in [2.05, 4.69) is 20.1 Å². The summed E-state index contributed by atoms with van der Waals surface area (Å²) < 4.78 is 7.28. The summed E-state index contributed by atoms with van der Waals surface area (Å²) in [5.41, 5.74) is 1.91. The summed E-state index contributed by atoms with van der Waals surface area (Å²) in [5, 5.41) is 13.0. The van der Waals surface area contributed by atoms with Gasteiger partial charge in [0, 0.05) is 24.2 Å². The number of aliphatic carboxylic acids is 1. The molecular formula is C18H17N5O3. The highest BCUT2D eigenvalue weighted by Gasteiger charge is 2.45. The van der Waals surface area contributed by atoms with E-state index in [-0.39, 0.29) is 11.8 Å². The van der Waals surface area contributed by atoms with Crippen LogP contribution in [0.3, 0.4) is 0 Å². The van der Waals surface area contributed by atoms with Crippen molar-refractivity contribution in [1.29, 1.82) is 0 Å². The van der Waals surface area contributed by atoms with E-state index in [1.807, 2.05) is 24.3 Å². The number of nitrogens with zero attached hydrogens (tertiary/aromatic N) is 5. The van der Waals surface area contributed by atoms with Crippen molar-refractivity contribution >= 4 is 5.97 Å². The number of pyridine rings is 2. The minimum atomic E-state index is -0.738. The summed E-state index contributed by atoms with van der Waals surface area (Å²) in [4.78, 5) is 23.5. The van der Waals surface area contributed by atoms with Crippen molar-refractivity contribution in [2.75, 3.05) is 6.61 Å². The van der Waals surface area contributed by atoms with Crippen molar-refractivity contribution in [3.05, 3.63) is 60.6 Å². The van der Waals surface area contributed by atoms with Gasteiger partial charge in [-0.2, -0.15) is 5.10 Å². The molecule has 1 N–H and O–H groups in total. The third-order valence-corrected chi connectivity index (χ3v) is 4.37. The maximum Gasteiger partial charge on any atom is 0.307 e. The van der Waals surface area contributed by atoms with E-state index < -0.39 is 5.97 Å². The first-order valence-corrected chi connectivity index (χ1v) is 8.32. The standard InChI is InChI=1S/C18H17N5O3/c24-18(25)15-7-14(15)16-3-1-12(8-20-16)5-6-26-13-2-4-17(21-9-13)23-11-19-10-22-23/h1-4,8-11,14-15H,5-7H2,(H,24,25). The highest BCUT2D eigenvalue weighted by atomic mass is 16.5. The lowest BCUT2D eigenvalue weighted by Crippen LogP contribution is -2.04. The molecule has 1 saturated carbocycles. The summed E-state index contributed by atoms with van der Waals surface area (Å²) >= 11 is 0. The number of hydrogen-bond donors (Lipinski definition) is 1. The topological polar surface area (TPSA) is 103 Å². The van der Waals surface area contributed by atoms with Crippen LogP contribution in [0.1, 0.15) is 23.6 Å². The first kappa shape index (κ1) is 16.2. The van der Waals surface area contributed by atoms with Crippen LogP contribution in [0.15, 0.2) is 49.3 Å². The molecule has 3 heterocycles. The molecule has 0 aliphatic heterocycles. The average molecular weight is 351 g/mol. The van der Waals surface area contributed by atoms with Crippen LogP contribution in [0.5, 0.6) is 5.75 Å². The fourth-order valence-electron chi connectivity index (χ4n) is 2.80. The Hall–Kier alpha value is -3.29. The lowest BCUT2D eigenvalue weighted by molar-refractivity contribution is -0.138. The molecule has 2 unspecified atom stereocenters. The zero-order valence-electron chi connectivity index (χ0n) is 13.9. The van der Waals surface area contributed by atoms with Crippen LogP contribution >= 0.6 is 0 Å². The molecule has 0 amide bonds. The molecule has 132 valence electrons. The van der Waals surface area contributed by atoms with Gasteiger partial charge in [0.25, 0.3) is 0 Å². The quantitative estimate of drug-likeness (QED) is 0.693. The lowest BCUT2D eigenvalue weighted by atomic mass is 10.1. The second-order valence-corrected chi connectivity index (χ2v) is 6.17. The fourth-order valence-corrected chi connectivity index (χ4v) is 2.80. The van der Waals surface area contributed by atoms with Crippen molar-refractivity contribution in [3.8, 4) is 11.6 Å². The van der Waals surface area contributed by atoms with Gasteiger partial charge in [-0.15, -0.1) is 0 Å². The van der Waals surface area contributed by atoms with Crippen LogP contribution in [0.2, 0.25) is 0 Å². The summed E-state index contributed by atoms with van der Waals surface area (Å²) in [6, 6.07) is 7.55. The van der Waals surface area contributed by atoms with Gasteiger partial charge in [-0.05, 0) is 30.2 Å². The van der Waals surface area contributed by atoms with Gasteiger partial charge in [-0.25, -0.2) is 14.6 Å². The van der Waals surface area contributed by atoms with Gasteiger partial charge in [0.05, 0.1) is 18.7 Å². The molecular weight excluding hydrogens is 334 g/mol. The van der Waals surface area contributed by atoms with Gasteiger partial charge in [-0.3, -0.25) is 9.78 Å². The first-order valence-electron chi connectivity index (χ1n) is 8.32. The number of rotatable bonds is 7. The predicted octanol–water partition coefficient (Wildman–Crippen LogP) is 1.87. The first-order chi connectivity index (χ1) is 12.7. The number of ether oxygens (including phenoxy) is 1. The Morgan fingerprint density at radius 3 is 2.77 bits per heavy atom. The van der Waals surface area contributed by atoms with Gasteiger partial charge in [0.15, 0.2) is 5.82 Å². The highest BCUT2D eigenvalue weighted by molar-refractivity contribution is 5.75. The summed E-state index contributed by atoms with van der Waals surface area (Å²) in [6.45, 7) is 0.507. The van der Waals surface area contributed by atoms with E-state index >= 15 is 0 Å². The van der Waals surface area contributed by atoms with Gasteiger partial charge in [0.2, 0.25) is 0 Å². The molecule has 3 aromatic heterocycles. The predicted molar refractivity (Wildman–Crippen MR) is 91.1 cm³/mol. The van der Waals surface area contributed by atoms with Gasteiger partial charge >= 0.3 is 5.97 Å². The molecule has 0 radical (unpaired) electrons. The third kappa shape index (κ3) is 3.53. The highest BCUT2D eigenvalue weighted by Crippen LogP contribution is 2.46. The van der Waals surface area contributed by atoms with Crippen molar-refractivity contribution in [2.24, 2.45) is 5.92 Å². The zero-order valence-corrected chi connectivity index (χ0v) is 13.9. The second kappa shape index (κ2) is 6.91. The number of hydrogen-bond acceptors (Lipinski definition) is 6. The van der Waals surface area contributed by atoms with E-state index in [1.54, 1.807) is 23.4 Å². The monoisotopic (exact) mass is 351 g/mol. The van der Waals surface area contributed by atoms with Crippen LogP contribution in [0.25, 0.3) is 5.82 Å². The molecule has 0 saturated heterocycles. The van der Waals surface area contributed by atoms with Crippen molar-refractivity contribution < 1.29 is 14.6 Å². The largest absolute Gasteiger partial charge is 0.492 e. The number of carbonyl (C=O) groups is 1. The van der Waals surface area contributed by atoms with Gasteiger partial charge in [0.1, 0.15) is 18.4 Å². The third-order valence-electron chi connectivity index (χ3n) is 4.37. The molecule has 1 aliphatic rings. The van der Waals surface area contributed by atoms with Crippen molar-refractivity contribution in [2.45, 2.75) is 18.8 Å². The van der Waals surface area contributed by atoms with Crippen molar-refractivity contribution in [1.82, 2.24) is 24.7 Å². The molecule has 8 nitrogen and oxygen atoms in total. The molecule has 2 atom stereocenters. The fraction of sp³-hybridized carbons (Fsp3) is 0.278. The zero-order chi connectivity index (χ0) is 17.9. The molecule has 3 aromatic rings. The van der Waals surface area contributed by atoms with E-state index in [9.17, 15) is 4.79 Å². The minimum Gasteiger partial charge on any atom is -0.492 e. The molecule has 0 spiro atoms. The number of carboxylic acids is 1. The van der Waals surface area contributed by atoms with E-state index in [4.69, 9.17) is 9.84 Å².